The number of nitrogens with zero attached hydrogens (tertiary/aromatic N) is 2. The highest BCUT2D eigenvalue weighted by Crippen LogP contribution is 2.36. The molecule has 96 valence electrons. The van der Waals surface area contributed by atoms with E-state index in [1.54, 1.807) is 6.92 Å². The molecular formula is C12H15N3O2S. The molecule has 0 radical (unpaired) electrons. The zero-order valence-electron chi connectivity index (χ0n) is 10.3. The maximum atomic E-state index is 6.04. The first-order valence-electron chi connectivity index (χ1n) is 5.70. The third-order valence-electron chi connectivity index (χ3n) is 2.19. The number of anilines is 1. The summed E-state index contributed by atoms with van der Waals surface area (Å²) in [7, 11) is 0. The van der Waals surface area contributed by atoms with Crippen molar-refractivity contribution in [2.45, 2.75) is 30.4 Å². The number of aromatic nitrogens is 2. The van der Waals surface area contributed by atoms with Crippen molar-refractivity contribution in [2.75, 3.05) is 12.3 Å². The number of nitrogen functional groups attached to an aromatic ring is 1. The lowest BCUT2D eigenvalue weighted by atomic mass is 10.3. The number of aryl methyl sites for hydroxylation is 1. The second-order valence-corrected chi connectivity index (χ2v) is 4.70. The number of rotatable bonds is 5. The summed E-state index contributed by atoms with van der Waals surface area (Å²) in [6.07, 6.45) is 0.944. The topological polar surface area (TPSA) is 74.2 Å². The molecule has 18 heavy (non-hydrogen) atoms. The summed E-state index contributed by atoms with van der Waals surface area (Å²) in [5.74, 6) is 1.23. The van der Waals surface area contributed by atoms with Gasteiger partial charge in [-0.25, -0.2) is 0 Å². The van der Waals surface area contributed by atoms with Crippen LogP contribution in [0.4, 0.5) is 5.69 Å². The molecule has 0 aliphatic heterocycles. The zero-order valence-corrected chi connectivity index (χ0v) is 11.2. The van der Waals surface area contributed by atoms with Crippen LogP contribution in [0, 0.1) is 6.92 Å². The van der Waals surface area contributed by atoms with Crippen LogP contribution >= 0.6 is 11.8 Å². The lowest BCUT2D eigenvalue weighted by Gasteiger charge is -2.10. The first kappa shape index (κ1) is 12.8. The van der Waals surface area contributed by atoms with Gasteiger partial charge >= 0.3 is 0 Å². The third kappa shape index (κ3) is 2.95. The van der Waals surface area contributed by atoms with Crippen LogP contribution in [0.5, 0.6) is 5.75 Å². The molecule has 0 aliphatic carbocycles. The van der Waals surface area contributed by atoms with Gasteiger partial charge < -0.3 is 14.9 Å². The summed E-state index contributed by atoms with van der Waals surface area (Å²) in [5, 5.41) is 8.18. The largest absolute Gasteiger partial charge is 0.491 e. The van der Waals surface area contributed by atoms with Crippen LogP contribution < -0.4 is 10.5 Å². The smallest absolute Gasteiger partial charge is 0.281 e. The Morgan fingerprint density at radius 3 is 2.89 bits per heavy atom. The molecule has 6 heteroatoms. The first-order valence-corrected chi connectivity index (χ1v) is 6.51. The van der Waals surface area contributed by atoms with E-state index in [2.05, 4.69) is 17.1 Å². The van der Waals surface area contributed by atoms with Gasteiger partial charge in [0.15, 0.2) is 0 Å². The molecule has 0 bridgehead atoms. The van der Waals surface area contributed by atoms with Crippen molar-refractivity contribution in [3.63, 3.8) is 0 Å². The molecule has 1 aromatic heterocycles. The molecule has 0 unspecified atom stereocenters. The third-order valence-corrected chi connectivity index (χ3v) is 3.11. The molecule has 0 atom stereocenters. The Balaban J connectivity index is 2.17. The van der Waals surface area contributed by atoms with Gasteiger partial charge in [0.25, 0.3) is 5.22 Å². The molecule has 5 nitrogen and oxygen atoms in total. The summed E-state index contributed by atoms with van der Waals surface area (Å²) < 4.78 is 10.9. The maximum absolute atomic E-state index is 6.04. The lowest BCUT2D eigenvalue weighted by molar-refractivity contribution is 0.318. The number of benzene rings is 1. The van der Waals surface area contributed by atoms with Gasteiger partial charge in [-0.2, -0.15) is 0 Å². The Bertz CT molecular complexity index is 528. The molecule has 1 heterocycles. The number of ether oxygens (including phenoxy) is 1. The molecule has 0 fully saturated rings. The van der Waals surface area contributed by atoms with Crippen LogP contribution in [0.25, 0.3) is 0 Å². The lowest BCUT2D eigenvalue weighted by Crippen LogP contribution is -1.99. The summed E-state index contributed by atoms with van der Waals surface area (Å²) in [6, 6.07) is 5.65. The van der Waals surface area contributed by atoms with Crippen LogP contribution in [-0.2, 0) is 0 Å². The average molecular weight is 265 g/mol. The quantitative estimate of drug-likeness (QED) is 0.838. The van der Waals surface area contributed by atoms with E-state index in [1.165, 1.54) is 11.8 Å². The number of para-hydroxylation sites is 1. The van der Waals surface area contributed by atoms with Gasteiger partial charge in [0, 0.05) is 11.8 Å². The highest BCUT2D eigenvalue weighted by atomic mass is 32.2. The van der Waals surface area contributed by atoms with E-state index in [0.717, 1.165) is 11.3 Å². The average Bonchev–Trinajstić information content (AvgIpc) is 2.76. The Labute approximate surface area is 110 Å². The van der Waals surface area contributed by atoms with Gasteiger partial charge in [0.05, 0.1) is 12.3 Å². The molecule has 2 aromatic rings. The van der Waals surface area contributed by atoms with Crippen molar-refractivity contribution >= 4 is 17.4 Å². The highest BCUT2D eigenvalue weighted by Gasteiger charge is 2.11. The fraction of sp³-hybridized carbons (Fsp3) is 0.333. The van der Waals surface area contributed by atoms with E-state index in [0.29, 0.717) is 29.2 Å². The van der Waals surface area contributed by atoms with Gasteiger partial charge in [0.1, 0.15) is 5.75 Å². The van der Waals surface area contributed by atoms with Gasteiger partial charge in [-0.05, 0) is 30.3 Å². The van der Waals surface area contributed by atoms with Crippen molar-refractivity contribution in [3.05, 3.63) is 24.1 Å². The normalized spacial score (nSPS) is 10.6. The first-order chi connectivity index (χ1) is 8.70. The predicted octanol–water partition coefficient (Wildman–Crippen LogP) is 2.90. The number of hydrogen-bond acceptors (Lipinski definition) is 6. The molecule has 0 saturated carbocycles. The van der Waals surface area contributed by atoms with Crippen LogP contribution in [0.15, 0.2) is 32.7 Å². The minimum atomic E-state index is 0.479. The van der Waals surface area contributed by atoms with Gasteiger partial charge in [-0.15, -0.1) is 10.2 Å². The van der Waals surface area contributed by atoms with E-state index in [1.807, 2.05) is 18.2 Å². The molecular weight excluding hydrogens is 250 g/mol. The van der Waals surface area contributed by atoms with E-state index >= 15 is 0 Å². The van der Waals surface area contributed by atoms with Gasteiger partial charge in [0.2, 0.25) is 5.89 Å². The van der Waals surface area contributed by atoms with Crippen molar-refractivity contribution in [1.29, 1.82) is 0 Å². The van der Waals surface area contributed by atoms with Crippen LogP contribution in [0.3, 0.4) is 0 Å². The predicted molar refractivity (Wildman–Crippen MR) is 69.8 cm³/mol. The fourth-order valence-corrected chi connectivity index (χ4v) is 2.15. The second-order valence-electron chi connectivity index (χ2n) is 3.71. The molecule has 0 aliphatic rings. The van der Waals surface area contributed by atoms with Crippen LogP contribution in [0.2, 0.25) is 0 Å². The monoisotopic (exact) mass is 265 g/mol. The highest BCUT2D eigenvalue weighted by molar-refractivity contribution is 7.99. The molecule has 0 saturated heterocycles. The fourth-order valence-electron chi connectivity index (χ4n) is 1.36. The van der Waals surface area contributed by atoms with Crippen LogP contribution in [-0.4, -0.2) is 16.8 Å². The zero-order chi connectivity index (χ0) is 13.0. The number of hydrogen-bond donors (Lipinski definition) is 1. The van der Waals surface area contributed by atoms with Crippen molar-refractivity contribution in [2.24, 2.45) is 0 Å². The summed E-state index contributed by atoms with van der Waals surface area (Å²) in [6.45, 7) is 4.45. The van der Waals surface area contributed by atoms with E-state index in [4.69, 9.17) is 14.9 Å². The molecule has 2 rings (SSSR count). The van der Waals surface area contributed by atoms with Crippen molar-refractivity contribution in [1.82, 2.24) is 10.2 Å². The Morgan fingerprint density at radius 2 is 2.22 bits per heavy atom. The summed E-state index contributed by atoms with van der Waals surface area (Å²) in [5.41, 5.74) is 6.65. The Hall–Kier alpha value is -1.69. The molecule has 0 spiro atoms. The van der Waals surface area contributed by atoms with E-state index in [9.17, 15) is 0 Å². The second kappa shape index (κ2) is 5.77. The molecule has 1 aromatic carbocycles. The minimum Gasteiger partial charge on any atom is -0.491 e. The van der Waals surface area contributed by atoms with Gasteiger partial charge in [-0.1, -0.05) is 13.0 Å². The summed E-state index contributed by atoms with van der Waals surface area (Å²) in [4.78, 5) is 0.854. The van der Waals surface area contributed by atoms with Crippen molar-refractivity contribution in [3.8, 4) is 5.75 Å². The van der Waals surface area contributed by atoms with E-state index < -0.39 is 0 Å². The minimum absolute atomic E-state index is 0.479. The van der Waals surface area contributed by atoms with Crippen LogP contribution in [0.1, 0.15) is 19.2 Å². The number of nitrogens with two attached hydrogens (primary N) is 1. The van der Waals surface area contributed by atoms with Crippen molar-refractivity contribution < 1.29 is 9.15 Å². The molecule has 2 N–H and O–H groups in total. The SMILES string of the molecule is CCCOc1cccc(Sc2nnc(C)o2)c1N. The maximum Gasteiger partial charge on any atom is 0.281 e. The van der Waals surface area contributed by atoms with Gasteiger partial charge in [-0.3, -0.25) is 0 Å². The van der Waals surface area contributed by atoms with E-state index in [-0.39, 0.29) is 0 Å². The molecule has 0 amide bonds. The Kier molecular flexibility index (Phi) is 4.09. The standard InChI is InChI=1S/C12H15N3O2S/c1-3-7-16-9-5-4-6-10(11(9)13)18-12-15-14-8(2)17-12/h4-6H,3,7,13H2,1-2H3. The Morgan fingerprint density at radius 1 is 1.39 bits per heavy atom. The summed E-state index contributed by atoms with van der Waals surface area (Å²) >= 11 is 1.34.